The molecule has 0 aromatic heterocycles. The van der Waals surface area contributed by atoms with Crippen LogP contribution in [0.5, 0.6) is 0 Å². The first-order valence-electron chi connectivity index (χ1n) is 3.46. The topological polar surface area (TPSA) is 0 Å². The molecule has 0 aromatic rings. The van der Waals surface area contributed by atoms with Crippen molar-refractivity contribution in [2.24, 2.45) is 5.92 Å². The molecule has 0 fully saturated rings. The molecule has 52 valence electrons. The van der Waals surface area contributed by atoms with Crippen LogP contribution in [0.1, 0.15) is 13.8 Å². The van der Waals surface area contributed by atoms with Gasteiger partial charge in [0.2, 0.25) is 0 Å². The van der Waals surface area contributed by atoms with Gasteiger partial charge >= 0.3 is 0 Å². The molecular formula is C8H16Si. The Morgan fingerprint density at radius 2 is 1.89 bits per heavy atom. The summed E-state index contributed by atoms with van der Waals surface area (Å²) in [6.07, 6.45) is 5.37. The van der Waals surface area contributed by atoms with Crippen molar-refractivity contribution in [3.05, 3.63) is 0 Å². The molecule has 0 atom stereocenters. The second kappa shape index (κ2) is 3.08. The summed E-state index contributed by atoms with van der Waals surface area (Å²) in [5.74, 6) is 0.766. The molecule has 0 heterocycles. The molecular weight excluding hydrogens is 124 g/mol. The molecule has 0 spiro atoms. The second-order valence-electron chi connectivity index (χ2n) is 3.63. The van der Waals surface area contributed by atoms with Crippen LogP contribution in [-0.2, 0) is 0 Å². The van der Waals surface area contributed by atoms with E-state index in [1.807, 2.05) is 0 Å². The van der Waals surface area contributed by atoms with Crippen molar-refractivity contribution < 1.29 is 0 Å². The molecule has 0 amide bonds. The fraction of sp³-hybridized carbons (Fsp3) is 0.750. The normalized spacial score (nSPS) is 11.6. The minimum Gasteiger partial charge on any atom is -0.135 e. The number of hydrogen-bond acceptors (Lipinski definition) is 0. The molecule has 0 aromatic carbocycles. The highest BCUT2D eigenvalue weighted by Gasteiger charge is 2.18. The lowest BCUT2D eigenvalue weighted by molar-refractivity contribution is 0.723. The molecule has 0 aliphatic carbocycles. The van der Waals surface area contributed by atoms with Crippen molar-refractivity contribution in [2.75, 3.05) is 0 Å². The van der Waals surface area contributed by atoms with Crippen molar-refractivity contribution in [1.29, 1.82) is 0 Å². The van der Waals surface area contributed by atoms with Crippen molar-refractivity contribution in [2.45, 2.75) is 33.0 Å². The maximum absolute atomic E-state index is 5.37. The van der Waals surface area contributed by atoms with Gasteiger partial charge < -0.3 is 0 Å². The lowest BCUT2D eigenvalue weighted by Gasteiger charge is -2.16. The summed E-state index contributed by atoms with van der Waals surface area (Å²) < 4.78 is 0. The third kappa shape index (κ3) is 4.29. The van der Waals surface area contributed by atoms with Crippen LogP contribution in [0.2, 0.25) is 19.1 Å². The van der Waals surface area contributed by atoms with E-state index >= 15 is 0 Å². The van der Waals surface area contributed by atoms with Crippen LogP contribution in [0, 0.1) is 17.9 Å². The van der Waals surface area contributed by atoms with E-state index in [2.05, 4.69) is 32.5 Å². The molecule has 0 aliphatic heterocycles. The first-order valence-corrected chi connectivity index (χ1v) is 6.66. The van der Waals surface area contributed by atoms with Crippen LogP contribution in [-0.4, -0.2) is 8.07 Å². The Balaban J connectivity index is 3.76. The number of terminal acetylenes is 1. The van der Waals surface area contributed by atoms with Crippen molar-refractivity contribution in [3.63, 3.8) is 0 Å². The van der Waals surface area contributed by atoms with Crippen LogP contribution in [0.25, 0.3) is 0 Å². The smallest absolute Gasteiger partial charge is 0.132 e. The Hall–Kier alpha value is -0.223. The Kier molecular flexibility index (Phi) is 3.00. The van der Waals surface area contributed by atoms with Gasteiger partial charge in [0.25, 0.3) is 0 Å². The monoisotopic (exact) mass is 140 g/mol. The maximum atomic E-state index is 5.37. The molecule has 0 radical (unpaired) electrons. The van der Waals surface area contributed by atoms with Crippen LogP contribution >= 0.6 is 0 Å². The van der Waals surface area contributed by atoms with E-state index < -0.39 is 8.07 Å². The van der Waals surface area contributed by atoms with Crippen LogP contribution in [0.3, 0.4) is 0 Å². The molecule has 9 heavy (non-hydrogen) atoms. The highest BCUT2D eigenvalue weighted by atomic mass is 28.3. The molecule has 0 bridgehead atoms. The quantitative estimate of drug-likeness (QED) is 0.408. The van der Waals surface area contributed by atoms with E-state index in [-0.39, 0.29) is 0 Å². The predicted molar refractivity (Wildman–Crippen MR) is 46.0 cm³/mol. The Morgan fingerprint density at radius 1 is 1.44 bits per heavy atom. The number of rotatable bonds is 2. The van der Waals surface area contributed by atoms with Gasteiger partial charge in [-0.1, -0.05) is 26.9 Å². The van der Waals surface area contributed by atoms with E-state index in [0.717, 1.165) is 5.92 Å². The van der Waals surface area contributed by atoms with E-state index in [1.165, 1.54) is 6.04 Å². The minimum absolute atomic E-state index is 0.766. The van der Waals surface area contributed by atoms with Gasteiger partial charge in [0.15, 0.2) is 0 Å². The summed E-state index contributed by atoms with van der Waals surface area (Å²) in [6.45, 7) is 8.94. The van der Waals surface area contributed by atoms with E-state index in [4.69, 9.17) is 6.42 Å². The second-order valence-corrected chi connectivity index (χ2v) is 8.09. The zero-order valence-electron chi connectivity index (χ0n) is 6.86. The molecule has 0 nitrogen and oxygen atoms in total. The molecule has 0 unspecified atom stereocenters. The minimum atomic E-state index is -1.21. The van der Waals surface area contributed by atoms with Crippen molar-refractivity contribution >= 4 is 8.07 Å². The lowest BCUT2D eigenvalue weighted by Crippen LogP contribution is -2.24. The summed E-state index contributed by atoms with van der Waals surface area (Å²) in [6, 6.07) is 1.25. The van der Waals surface area contributed by atoms with E-state index in [1.54, 1.807) is 0 Å². The Labute approximate surface area is 59.7 Å². The number of hydrogen-bond donors (Lipinski definition) is 0. The predicted octanol–water partition coefficient (Wildman–Crippen LogP) is 2.52. The SMILES string of the molecule is C#C[Si](C)(C)CC(C)C. The molecule has 1 heteroatoms. The van der Waals surface area contributed by atoms with E-state index in [0.29, 0.717) is 0 Å². The summed E-state index contributed by atoms with van der Waals surface area (Å²) in [5, 5.41) is 0. The third-order valence-corrected chi connectivity index (χ3v) is 3.93. The molecule has 0 saturated carbocycles. The molecule has 0 N–H and O–H groups in total. The zero-order chi connectivity index (χ0) is 7.49. The zero-order valence-corrected chi connectivity index (χ0v) is 7.86. The van der Waals surface area contributed by atoms with Gasteiger partial charge in [-0.3, -0.25) is 0 Å². The summed E-state index contributed by atoms with van der Waals surface area (Å²) in [7, 11) is -1.21. The lowest BCUT2D eigenvalue weighted by atomic mass is 10.3. The molecule has 0 aliphatic rings. The average molecular weight is 140 g/mol. The fourth-order valence-electron chi connectivity index (χ4n) is 1.08. The Morgan fingerprint density at radius 3 is 2.00 bits per heavy atom. The Bertz CT molecular complexity index is 117. The first kappa shape index (κ1) is 8.78. The highest BCUT2D eigenvalue weighted by molar-refractivity contribution is 6.85. The fourth-order valence-corrected chi connectivity index (χ4v) is 3.24. The van der Waals surface area contributed by atoms with Crippen molar-refractivity contribution in [3.8, 4) is 12.0 Å². The molecule has 0 rings (SSSR count). The first-order chi connectivity index (χ1) is 3.98. The standard InChI is InChI=1S/C8H16Si/c1-6-9(4,5)7-8(2)3/h1,8H,7H2,2-5H3. The summed E-state index contributed by atoms with van der Waals surface area (Å²) in [5.41, 5.74) is 2.91. The third-order valence-electron chi connectivity index (χ3n) is 1.31. The van der Waals surface area contributed by atoms with Crippen LogP contribution in [0.15, 0.2) is 0 Å². The van der Waals surface area contributed by atoms with Gasteiger partial charge in [-0.15, -0.1) is 12.0 Å². The highest BCUT2D eigenvalue weighted by Crippen LogP contribution is 2.14. The van der Waals surface area contributed by atoms with Gasteiger partial charge in [0.1, 0.15) is 8.07 Å². The molecule has 0 saturated heterocycles. The van der Waals surface area contributed by atoms with Gasteiger partial charge in [0, 0.05) is 0 Å². The van der Waals surface area contributed by atoms with Gasteiger partial charge in [-0.05, 0) is 12.0 Å². The van der Waals surface area contributed by atoms with Gasteiger partial charge in [0.05, 0.1) is 0 Å². The summed E-state index contributed by atoms with van der Waals surface area (Å²) in [4.78, 5) is 0. The average Bonchev–Trinajstić information content (AvgIpc) is 1.63. The van der Waals surface area contributed by atoms with Gasteiger partial charge in [-0.25, -0.2) is 0 Å². The largest absolute Gasteiger partial charge is 0.135 e. The maximum Gasteiger partial charge on any atom is 0.132 e. The summed E-state index contributed by atoms with van der Waals surface area (Å²) >= 11 is 0. The van der Waals surface area contributed by atoms with Crippen molar-refractivity contribution in [1.82, 2.24) is 0 Å². The van der Waals surface area contributed by atoms with Crippen LogP contribution < -0.4 is 0 Å². The van der Waals surface area contributed by atoms with Gasteiger partial charge in [-0.2, -0.15) is 0 Å². The van der Waals surface area contributed by atoms with E-state index in [9.17, 15) is 0 Å². The van der Waals surface area contributed by atoms with Crippen LogP contribution in [0.4, 0.5) is 0 Å².